The number of carbonyl (C=O) groups is 1. The van der Waals surface area contributed by atoms with Crippen molar-refractivity contribution in [2.75, 3.05) is 18.9 Å². The first-order chi connectivity index (χ1) is 16.9. The zero-order valence-corrected chi connectivity index (χ0v) is 20.6. The molecule has 2 N–H and O–H groups in total. The largest absolute Gasteiger partial charge is 0.392 e. The van der Waals surface area contributed by atoms with Crippen molar-refractivity contribution < 1.29 is 19.4 Å². The lowest BCUT2D eigenvalue weighted by molar-refractivity contribution is -0.253. The molecule has 6 heteroatoms. The Morgan fingerprint density at radius 1 is 1.00 bits per heavy atom. The van der Waals surface area contributed by atoms with Crippen molar-refractivity contribution in [3.05, 3.63) is 101 Å². The molecule has 0 bridgehead atoms. The van der Waals surface area contributed by atoms with E-state index in [0.29, 0.717) is 0 Å². The van der Waals surface area contributed by atoms with Crippen molar-refractivity contribution in [2.45, 2.75) is 51.4 Å². The van der Waals surface area contributed by atoms with Crippen LogP contribution in [0.2, 0.25) is 0 Å². The first-order valence-electron chi connectivity index (χ1n) is 12.1. The van der Waals surface area contributed by atoms with Crippen LogP contribution in [0.3, 0.4) is 0 Å². The number of aliphatic hydroxyl groups excluding tert-OH is 1. The van der Waals surface area contributed by atoms with Crippen LogP contribution in [0.4, 0.5) is 5.69 Å². The number of nitrogens with one attached hydrogen (secondary N) is 1. The molecule has 1 fully saturated rings. The second-order valence-corrected chi connectivity index (χ2v) is 9.18. The van der Waals surface area contributed by atoms with Gasteiger partial charge in [0.1, 0.15) is 0 Å². The topological polar surface area (TPSA) is 71.0 Å². The van der Waals surface area contributed by atoms with Crippen LogP contribution in [0.25, 0.3) is 0 Å². The fourth-order valence-electron chi connectivity index (χ4n) is 4.43. The van der Waals surface area contributed by atoms with Crippen molar-refractivity contribution in [2.24, 2.45) is 0 Å². The normalized spacial score (nSPS) is 21.0. The van der Waals surface area contributed by atoms with Gasteiger partial charge in [-0.05, 0) is 42.8 Å². The molecular weight excluding hydrogens is 440 g/mol. The van der Waals surface area contributed by atoms with Gasteiger partial charge in [0, 0.05) is 37.2 Å². The summed E-state index contributed by atoms with van der Waals surface area (Å²) in [6.07, 6.45) is 0.0256. The molecule has 4 atom stereocenters. The summed E-state index contributed by atoms with van der Waals surface area (Å²) in [7, 11) is 2.12. The molecule has 0 aromatic heterocycles. The summed E-state index contributed by atoms with van der Waals surface area (Å²) in [4.78, 5) is 13.7. The van der Waals surface area contributed by atoms with Crippen LogP contribution < -0.4 is 5.32 Å². The maximum absolute atomic E-state index is 11.4. The highest BCUT2D eigenvalue weighted by molar-refractivity contribution is 5.88. The Bertz CT molecular complexity index is 1090. The van der Waals surface area contributed by atoms with Gasteiger partial charge < -0.3 is 19.9 Å². The number of rotatable bonds is 8. The Morgan fingerprint density at radius 3 is 2.29 bits per heavy atom. The molecule has 3 aromatic carbocycles. The van der Waals surface area contributed by atoms with Crippen LogP contribution in [0.1, 0.15) is 61.0 Å². The number of aliphatic hydroxyl groups is 1. The third kappa shape index (κ3) is 6.55. The molecule has 4 rings (SSSR count). The van der Waals surface area contributed by atoms with Gasteiger partial charge in [0.2, 0.25) is 5.91 Å². The number of likely N-dealkylation sites (N-methyl/N-ethyl adjacent to an activating group) is 1. The van der Waals surface area contributed by atoms with Gasteiger partial charge >= 0.3 is 0 Å². The first-order valence-corrected chi connectivity index (χ1v) is 12.1. The predicted molar refractivity (Wildman–Crippen MR) is 137 cm³/mol. The molecule has 1 aliphatic heterocycles. The molecule has 1 amide bonds. The lowest BCUT2D eigenvalue weighted by Gasteiger charge is -2.39. The summed E-state index contributed by atoms with van der Waals surface area (Å²) >= 11 is 0. The molecule has 0 aliphatic carbocycles. The summed E-state index contributed by atoms with van der Waals surface area (Å²) in [5.74, 6) is -0.107. The van der Waals surface area contributed by atoms with E-state index >= 15 is 0 Å². The summed E-state index contributed by atoms with van der Waals surface area (Å²) in [5.41, 5.74) is 4.84. The van der Waals surface area contributed by atoms with Crippen LogP contribution in [0.15, 0.2) is 78.9 Å². The van der Waals surface area contributed by atoms with Crippen molar-refractivity contribution in [3.63, 3.8) is 0 Å². The highest BCUT2D eigenvalue weighted by atomic mass is 16.7. The SMILES string of the molecule is CC(=O)Nc1ccc([C@@H]2O[C@H](CN(C)[C@@H](C)c3ccccc3)C[C@H](c3ccc(CO)cc3)O2)cc1. The highest BCUT2D eigenvalue weighted by Crippen LogP contribution is 2.38. The van der Waals surface area contributed by atoms with Gasteiger partial charge in [0.25, 0.3) is 0 Å². The first kappa shape index (κ1) is 25.1. The minimum atomic E-state index is -0.525. The number of hydrogen-bond donors (Lipinski definition) is 2. The molecule has 6 nitrogen and oxygen atoms in total. The second kappa shape index (κ2) is 11.6. The number of nitrogens with zero attached hydrogens (tertiary/aromatic N) is 1. The van der Waals surface area contributed by atoms with Crippen molar-refractivity contribution in [3.8, 4) is 0 Å². The maximum atomic E-state index is 11.4. The average molecular weight is 475 g/mol. The molecule has 3 aromatic rings. The number of anilines is 1. The van der Waals surface area contributed by atoms with Crippen molar-refractivity contribution in [1.82, 2.24) is 4.90 Å². The highest BCUT2D eigenvalue weighted by Gasteiger charge is 2.33. The zero-order chi connectivity index (χ0) is 24.8. The van der Waals surface area contributed by atoms with E-state index < -0.39 is 6.29 Å². The number of benzene rings is 3. The Balaban J connectivity index is 1.53. The van der Waals surface area contributed by atoms with Crippen molar-refractivity contribution >= 4 is 11.6 Å². The van der Waals surface area contributed by atoms with Crippen LogP contribution in [-0.2, 0) is 20.9 Å². The van der Waals surface area contributed by atoms with E-state index in [1.165, 1.54) is 12.5 Å². The number of ether oxygens (including phenoxy) is 2. The van der Waals surface area contributed by atoms with Gasteiger partial charge in [-0.3, -0.25) is 9.69 Å². The molecular formula is C29H34N2O4. The summed E-state index contributed by atoms with van der Waals surface area (Å²) in [5, 5.41) is 12.2. The number of hydrogen-bond acceptors (Lipinski definition) is 5. The summed E-state index contributed by atoms with van der Waals surface area (Å²) in [6.45, 7) is 4.47. The van der Waals surface area contributed by atoms with Crippen LogP contribution in [-0.4, -0.2) is 35.6 Å². The third-order valence-corrected chi connectivity index (χ3v) is 6.55. The van der Waals surface area contributed by atoms with Crippen molar-refractivity contribution in [1.29, 1.82) is 0 Å². The fraction of sp³-hybridized carbons (Fsp3) is 0.345. The Hall–Kier alpha value is -3.03. The lowest BCUT2D eigenvalue weighted by atomic mass is 9.99. The standard InChI is InChI=1S/C29H34N2O4/c1-20(23-7-5-4-6-8-23)31(3)18-27-17-28(24-11-9-22(19-32)10-12-24)35-29(34-27)25-13-15-26(16-14-25)30-21(2)33/h4-16,20,27-29,32H,17-19H2,1-3H3,(H,30,33)/t20-,27-,28+,29+/m0/s1. The van der Waals surface area contributed by atoms with Gasteiger partial charge in [-0.15, -0.1) is 0 Å². The molecule has 1 saturated heterocycles. The van der Waals surface area contributed by atoms with Crippen LogP contribution >= 0.6 is 0 Å². The molecule has 0 saturated carbocycles. The Kier molecular flexibility index (Phi) is 8.31. The molecule has 0 spiro atoms. The average Bonchev–Trinajstić information content (AvgIpc) is 2.88. The van der Waals surface area contributed by atoms with E-state index in [1.807, 2.05) is 54.6 Å². The number of carbonyl (C=O) groups excluding carboxylic acids is 1. The second-order valence-electron chi connectivity index (χ2n) is 9.18. The van der Waals surface area contributed by atoms with E-state index in [-0.39, 0.29) is 30.8 Å². The van der Waals surface area contributed by atoms with Gasteiger partial charge in [-0.1, -0.05) is 66.7 Å². The number of amides is 1. The van der Waals surface area contributed by atoms with E-state index in [4.69, 9.17) is 9.47 Å². The smallest absolute Gasteiger partial charge is 0.221 e. The minimum Gasteiger partial charge on any atom is -0.392 e. The van der Waals surface area contributed by atoms with E-state index in [1.54, 1.807) is 0 Å². The fourth-order valence-corrected chi connectivity index (χ4v) is 4.43. The summed E-state index contributed by atoms with van der Waals surface area (Å²) < 4.78 is 12.9. The van der Waals surface area contributed by atoms with Gasteiger partial charge in [-0.2, -0.15) is 0 Å². The monoisotopic (exact) mass is 474 g/mol. The molecule has 35 heavy (non-hydrogen) atoms. The lowest BCUT2D eigenvalue weighted by Crippen LogP contribution is -2.38. The molecule has 184 valence electrons. The Labute approximate surface area is 207 Å². The third-order valence-electron chi connectivity index (χ3n) is 6.55. The van der Waals surface area contributed by atoms with Gasteiger partial charge in [-0.25, -0.2) is 0 Å². The predicted octanol–water partition coefficient (Wildman–Crippen LogP) is 5.38. The molecule has 1 heterocycles. The van der Waals surface area contributed by atoms with E-state index in [0.717, 1.165) is 35.3 Å². The zero-order valence-electron chi connectivity index (χ0n) is 20.6. The molecule has 0 unspecified atom stereocenters. The molecule has 0 radical (unpaired) electrons. The van der Waals surface area contributed by atoms with Gasteiger partial charge in [0.15, 0.2) is 6.29 Å². The van der Waals surface area contributed by atoms with Crippen LogP contribution in [0.5, 0.6) is 0 Å². The van der Waals surface area contributed by atoms with Crippen LogP contribution in [0, 0.1) is 0 Å². The maximum Gasteiger partial charge on any atom is 0.221 e. The summed E-state index contributed by atoms with van der Waals surface area (Å²) in [6, 6.07) is 26.2. The molecule has 1 aliphatic rings. The van der Waals surface area contributed by atoms with E-state index in [9.17, 15) is 9.90 Å². The van der Waals surface area contributed by atoms with E-state index in [2.05, 4.69) is 48.5 Å². The minimum absolute atomic E-state index is 0.0168. The van der Waals surface area contributed by atoms with Gasteiger partial charge in [0.05, 0.1) is 18.8 Å². The quantitative estimate of drug-likeness (QED) is 0.459. The Morgan fingerprint density at radius 2 is 1.66 bits per heavy atom.